The third kappa shape index (κ3) is 2.56. The lowest BCUT2D eigenvalue weighted by molar-refractivity contribution is -0.475. The number of rotatable bonds is 1. The Kier molecular flexibility index (Phi) is 3.44. The smallest absolute Gasteiger partial charge is 0.291 e. The number of hydrogen-bond donors (Lipinski definition) is 0. The first kappa shape index (κ1) is 16.7. The molecule has 0 amide bonds. The second-order valence-electron chi connectivity index (χ2n) is 6.01. The summed E-state index contributed by atoms with van der Waals surface area (Å²) in [7, 11) is 0. The minimum Gasteiger partial charge on any atom is -0.291 e. The maximum Gasteiger partial charge on any atom is 0.422 e. The first-order chi connectivity index (χ1) is 12.2. The Labute approximate surface area is 143 Å². The summed E-state index contributed by atoms with van der Waals surface area (Å²) < 4.78 is 83.2. The number of alkyl halides is 6. The maximum atomic E-state index is 13.4. The van der Waals surface area contributed by atoms with Gasteiger partial charge in [-0.1, -0.05) is 18.2 Å². The van der Waals surface area contributed by atoms with Crippen molar-refractivity contribution in [2.75, 3.05) is 0 Å². The predicted molar refractivity (Wildman–Crippen MR) is 83.5 cm³/mol. The fourth-order valence-electron chi connectivity index (χ4n) is 3.33. The molecule has 0 aliphatic carbocycles. The molecule has 2 aromatic carbocycles. The van der Waals surface area contributed by atoms with E-state index in [0.717, 1.165) is 21.5 Å². The average molecular weight is 369 g/mol. The van der Waals surface area contributed by atoms with E-state index in [-0.39, 0.29) is 6.67 Å². The van der Waals surface area contributed by atoms with Crippen LogP contribution in [0.2, 0.25) is 0 Å². The summed E-state index contributed by atoms with van der Waals surface area (Å²) in [5.41, 5.74) is -2.17. The zero-order valence-corrected chi connectivity index (χ0v) is 13.1. The minimum atomic E-state index is -4.91. The summed E-state index contributed by atoms with van der Waals surface area (Å²) in [6, 6.07) is 9.10. The van der Waals surface area contributed by atoms with Crippen LogP contribution < -0.4 is 0 Å². The summed E-state index contributed by atoms with van der Waals surface area (Å²) in [4.78, 5) is 0. The molecule has 8 heteroatoms. The van der Waals surface area contributed by atoms with Gasteiger partial charge in [-0.3, -0.25) is 4.57 Å². The van der Waals surface area contributed by atoms with Gasteiger partial charge in [0.1, 0.15) is 11.1 Å². The van der Waals surface area contributed by atoms with Crippen molar-refractivity contribution in [3.05, 3.63) is 65.4 Å². The van der Waals surface area contributed by atoms with E-state index in [0.29, 0.717) is 17.7 Å². The molecule has 0 saturated carbocycles. The molecule has 4 rings (SSSR count). The van der Waals surface area contributed by atoms with Gasteiger partial charge >= 0.3 is 12.4 Å². The van der Waals surface area contributed by atoms with Gasteiger partial charge in [-0.25, -0.2) is 0 Å². The normalized spacial score (nSPS) is 14.6. The van der Waals surface area contributed by atoms with Crippen molar-refractivity contribution < 1.29 is 30.9 Å². The lowest BCUT2D eigenvalue weighted by atomic mass is 10.0. The van der Waals surface area contributed by atoms with Gasteiger partial charge in [0.25, 0.3) is 0 Å². The minimum absolute atomic E-state index is 0.142. The zero-order chi connectivity index (χ0) is 18.7. The third-order valence-corrected chi connectivity index (χ3v) is 4.35. The fraction of sp³-hybridized carbons (Fsp3) is 0.167. The van der Waals surface area contributed by atoms with E-state index in [4.69, 9.17) is 0 Å². The molecule has 0 fully saturated rings. The molecule has 0 N–H and O–H groups in total. The largest absolute Gasteiger partial charge is 0.422 e. The Morgan fingerprint density at radius 3 is 2.04 bits per heavy atom. The van der Waals surface area contributed by atoms with Crippen LogP contribution >= 0.6 is 0 Å². The molecule has 0 radical (unpaired) electrons. The van der Waals surface area contributed by atoms with Gasteiger partial charge in [0.2, 0.25) is 12.4 Å². The van der Waals surface area contributed by atoms with Crippen LogP contribution in [0.1, 0.15) is 16.7 Å². The Balaban J connectivity index is 2.00. The topological polar surface area (TPSA) is 7.94 Å². The van der Waals surface area contributed by atoms with Crippen LogP contribution in [0.3, 0.4) is 0 Å². The van der Waals surface area contributed by atoms with Crippen LogP contribution in [0.4, 0.5) is 32.0 Å². The van der Waals surface area contributed by atoms with E-state index in [2.05, 4.69) is 0 Å². The fourth-order valence-corrected chi connectivity index (χ4v) is 3.33. The highest BCUT2D eigenvalue weighted by molar-refractivity contribution is 5.97. The van der Waals surface area contributed by atoms with E-state index >= 15 is 0 Å². The number of nitrogens with zero attached hydrogens (tertiary/aromatic N) is 2. The van der Waals surface area contributed by atoms with Crippen molar-refractivity contribution in [2.24, 2.45) is 0 Å². The second kappa shape index (κ2) is 5.36. The molecule has 2 nitrogen and oxygen atoms in total. The highest BCUT2D eigenvalue weighted by Gasteiger charge is 2.46. The lowest BCUT2D eigenvalue weighted by Crippen LogP contribution is -2.24. The molecule has 1 aliphatic rings. The summed E-state index contributed by atoms with van der Waals surface area (Å²) in [5, 5.41) is 0.874. The number of benzene rings is 2. The predicted octanol–water partition coefficient (Wildman–Crippen LogP) is 5.41. The number of halogens is 6. The lowest BCUT2D eigenvalue weighted by Gasteiger charge is -2.19. The molecule has 3 aromatic rings. The van der Waals surface area contributed by atoms with Crippen LogP contribution in [0.25, 0.3) is 10.9 Å². The zero-order valence-electron chi connectivity index (χ0n) is 13.1. The molecule has 2 heterocycles. The van der Waals surface area contributed by atoms with Gasteiger partial charge in [-0.15, -0.1) is 0 Å². The Morgan fingerprint density at radius 2 is 1.42 bits per heavy atom. The molecular formula is C18H11F6N2+. The van der Waals surface area contributed by atoms with Crippen molar-refractivity contribution in [2.45, 2.75) is 19.0 Å². The molecule has 0 atom stereocenters. The summed E-state index contributed by atoms with van der Waals surface area (Å²) in [6.45, 7) is -0.142. The van der Waals surface area contributed by atoms with Crippen molar-refractivity contribution in [1.82, 2.24) is 4.57 Å². The van der Waals surface area contributed by atoms with Crippen molar-refractivity contribution in [3.8, 4) is 0 Å². The van der Waals surface area contributed by atoms with Gasteiger partial charge in [0.05, 0.1) is 11.1 Å². The highest BCUT2D eigenvalue weighted by Crippen LogP contribution is 2.44. The summed E-state index contributed by atoms with van der Waals surface area (Å²) in [6.07, 6.45) is -6.83. The molecule has 0 saturated heterocycles. The average Bonchev–Trinajstić information content (AvgIpc) is 2.97. The van der Waals surface area contributed by atoms with Crippen molar-refractivity contribution >= 4 is 22.8 Å². The van der Waals surface area contributed by atoms with Gasteiger partial charge < -0.3 is 0 Å². The van der Waals surface area contributed by atoms with E-state index in [1.807, 2.05) is 6.07 Å². The summed E-state index contributed by atoms with van der Waals surface area (Å²) >= 11 is 0. The first-order valence-corrected chi connectivity index (χ1v) is 7.63. The van der Waals surface area contributed by atoms with Crippen LogP contribution in [0.5, 0.6) is 0 Å². The SMILES string of the molecule is FC(F)(F)c1cccc(C(F)(F)F)c1[N+]1=Cc2cccc3ccn(c23)C1. The molecule has 1 aromatic heterocycles. The standard InChI is InChI=1S/C18H11F6N2/c19-17(20,21)13-5-2-6-14(18(22,23)24)16(13)26-9-12-4-1-3-11-7-8-25(10-26)15(11)12/h1-9H,10H2/q+1. The molecule has 1 aliphatic heterocycles. The molecule has 0 spiro atoms. The number of para-hydroxylation sites is 2. The van der Waals surface area contributed by atoms with Gasteiger partial charge in [-0.2, -0.15) is 30.9 Å². The maximum absolute atomic E-state index is 13.4. The molecule has 0 bridgehead atoms. The van der Waals surface area contributed by atoms with E-state index < -0.39 is 29.2 Å². The quantitative estimate of drug-likeness (QED) is 0.400. The van der Waals surface area contributed by atoms with Crippen LogP contribution in [-0.2, 0) is 19.0 Å². The van der Waals surface area contributed by atoms with Gasteiger partial charge in [-0.05, 0) is 24.3 Å². The third-order valence-electron chi connectivity index (χ3n) is 4.35. The van der Waals surface area contributed by atoms with E-state index in [1.54, 1.807) is 29.0 Å². The van der Waals surface area contributed by atoms with Crippen molar-refractivity contribution in [1.29, 1.82) is 0 Å². The van der Waals surface area contributed by atoms with Crippen LogP contribution in [0.15, 0.2) is 48.7 Å². The molecular weight excluding hydrogens is 358 g/mol. The molecule has 134 valence electrons. The van der Waals surface area contributed by atoms with Crippen molar-refractivity contribution in [3.63, 3.8) is 0 Å². The van der Waals surface area contributed by atoms with Gasteiger partial charge in [0, 0.05) is 11.6 Å². The number of aromatic nitrogens is 1. The highest BCUT2D eigenvalue weighted by atomic mass is 19.4. The van der Waals surface area contributed by atoms with Gasteiger partial charge in [0.15, 0.2) is 6.21 Å². The summed E-state index contributed by atoms with van der Waals surface area (Å²) in [5.74, 6) is 0. The number of hydrogen-bond acceptors (Lipinski definition) is 0. The Bertz CT molecular complexity index is 1010. The molecule has 26 heavy (non-hydrogen) atoms. The molecule has 0 unspecified atom stereocenters. The van der Waals surface area contributed by atoms with Crippen LogP contribution in [0, 0.1) is 0 Å². The Morgan fingerprint density at radius 1 is 0.808 bits per heavy atom. The van der Waals surface area contributed by atoms with E-state index in [9.17, 15) is 26.3 Å². The first-order valence-electron chi connectivity index (χ1n) is 7.63. The monoisotopic (exact) mass is 369 g/mol. The second-order valence-corrected chi connectivity index (χ2v) is 6.01. The van der Waals surface area contributed by atoms with E-state index in [1.165, 1.54) is 6.21 Å². The van der Waals surface area contributed by atoms with Crippen LogP contribution in [-0.4, -0.2) is 15.4 Å². The Hall–Kier alpha value is -2.77.